The molecular formula is C16H19N3O5. The van der Waals surface area contributed by atoms with E-state index in [9.17, 15) is 9.59 Å². The number of para-hydroxylation sites is 2. The Balaban J connectivity index is 2.02. The predicted octanol–water partition coefficient (Wildman–Crippen LogP) is 2.84. The third-order valence-electron chi connectivity index (χ3n) is 2.84. The molecule has 2 rings (SSSR count). The van der Waals surface area contributed by atoms with Crippen LogP contribution in [0.25, 0.3) is 0 Å². The van der Waals surface area contributed by atoms with Crippen LogP contribution in [0.4, 0.5) is 9.59 Å². The van der Waals surface area contributed by atoms with Crippen LogP contribution in [0, 0.1) is 0 Å². The van der Waals surface area contributed by atoms with Crippen LogP contribution < -0.4 is 14.2 Å². The van der Waals surface area contributed by atoms with E-state index >= 15 is 0 Å². The van der Waals surface area contributed by atoms with Crippen molar-refractivity contribution in [2.24, 2.45) is 7.05 Å². The third-order valence-corrected chi connectivity index (χ3v) is 2.84. The first-order chi connectivity index (χ1) is 11.4. The van der Waals surface area contributed by atoms with E-state index in [2.05, 4.69) is 5.10 Å². The van der Waals surface area contributed by atoms with Gasteiger partial charge in [-0.1, -0.05) is 12.1 Å². The second-order valence-electron chi connectivity index (χ2n) is 5.26. The van der Waals surface area contributed by atoms with Crippen LogP contribution in [0.2, 0.25) is 0 Å². The Morgan fingerprint density at radius 2 is 1.75 bits per heavy atom. The molecule has 0 aliphatic heterocycles. The minimum absolute atomic E-state index is 0.0851. The van der Waals surface area contributed by atoms with Gasteiger partial charge in [0.25, 0.3) is 0 Å². The van der Waals surface area contributed by atoms with Gasteiger partial charge in [-0.25, -0.2) is 14.5 Å². The molecule has 1 aromatic carbocycles. The number of aryl methyl sites for hydroxylation is 1. The van der Waals surface area contributed by atoms with Crippen molar-refractivity contribution in [1.29, 1.82) is 0 Å². The third kappa shape index (κ3) is 4.48. The molecule has 0 fully saturated rings. The molecule has 0 spiro atoms. The van der Waals surface area contributed by atoms with Gasteiger partial charge in [-0.3, -0.25) is 4.68 Å². The number of benzene rings is 1. The molecule has 0 N–H and O–H groups in total. The minimum atomic E-state index is -0.885. The Hall–Kier alpha value is -3.03. The zero-order chi connectivity index (χ0) is 17.7. The second-order valence-corrected chi connectivity index (χ2v) is 5.26. The molecule has 0 radical (unpaired) electrons. The Morgan fingerprint density at radius 1 is 1.12 bits per heavy atom. The highest BCUT2D eigenvalue weighted by molar-refractivity contribution is 5.89. The topological polar surface area (TPSA) is 82.9 Å². The molecule has 0 aliphatic rings. The molecule has 24 heavy (non-hydrogen) atoms. The van der Waals surface area contributed by atoms with Crippen molar-refractivity contribution >= 4 is 12.2 Å². The van der Waals surface area contributed by atoms with Crippen LogP contribution in [-0.4, -0.2) is 40.0 Å². The first-order valence-corrected chi connectivity index (χ1v) is 7.28. The normalized spacial score (nSPS) is 10.4. The van der Waals surface area contributed by atoms with Gasteiger partial charge >= 0.3 is 12.2 Å². The fourth-order valence-electron chi connectivity index (χ4n) is 1.74. The first-order valence-electron chi connectivity index (χ1n) is 7.28. The summed E-state index contributed by atoms with van der Waals surface area (Å²) in [5.74, 6) is 0.859. The van der Waals surface area contributed by atoms with E-state index in [4.69, 9.17) is 14.2 Å². The highest BCUT2D eigenvalue weighted by atomic mass is 16.6. The van der Waals surface area contributed by atoms with Crippen LogP contribution in [0.15, 0.2) is 36.7 Å². The maximum atomic E-state index is 12.1. The van der Waals surface area contributed by atoms with E-state index in [1.807, 2.05) is 13.8 Å². The van der Waals surface area contributed by atoms with Gasteiger partial charge in [0.2, 0.25) is 0 Å². The molecule has 0 bridgehead atoms. The number of rotatable bonds is 4. The number of hydrogen-bond donors (Lipinski definition) is 0. The monoisotopic (exact) mass is 333 g/mol. The SMILES string of the molecule is CC(C)Oc1ccccc1OC(=O)N(C)C(=O)Oc1cnn(C)c1. The predicted molar refractivity (Wildman–Crippen MR) is 85.2 cm³/mol. The Morgan fingerprint density at radius 3 is 2.33 bits per heavy atom. The van der Waals surface area contributed by atoms with Gasteiger partial charge in [-0.15, -0.1) is 0 Å². The van der Waals surface area contributed by atoms with Crippen molar-refractivity contribution in [3.05, 3.63) is 36.7 Å². The van der Waals surface area contributed by atoms with E-state index in [0.29, 0.717) is 5.75 Å². The second kappa shape index (κ2) is 7.49. The first kappa shape index (κ1) is 17.3. The van der Waals surface area contributed by atoms with E-state index in [1.165, 1.54) is 24.1 Å². The van der Waals surface area contributed by atoms with Gasteiger partial charge in [-0.2, -0.15) is 5.10 Å². The van der Waals surface area contributed by atoms with E-state index in [-0.39, 0.29) is 17.6 Å². The molecule has 0 saturated carbocycles. The summed E-state index contributed by atoms with van der Waals surface area (Å²) in [6.45, 7) is 3.71. The number of amides is 2. The highest BCUT2D eigenvalue weighted by Crippen LogP contribution is 2.28. The van der Waals surface area contributed by atoms with Crippen molar-refractivity contribution in [3.8, 4) is 17.2 Å². The smallest absolute Gasteiger partial charge is 0.424 e. The molecule has 1 heterocycles. The number of ether oxygens (including phenoxy) is 3. The van der Waals surface area contributed by atoms with E-state index in [0.717, 1.165) is 4.90 Å². The fourth-order valence-corrected chi connectivity index (χ4v) is 1.74. The number of aromatic nitrogens is 2. The number of hydrogen-bond acceptors (Lipinski definition) is 6. The number of carbonyl (C=O) groups is 2. The lowest BCUT2D eigenvalue weighted by atomic mass is 10.3. The zero-order valence-corrected chi connectivity index (χ0v) is 13.9. The van der Waals surface area contributed by atoms with E-state index in [1.54, 1.807) is 31.3 Å². The van der Waals surface area contributed by atoms with Crippen LogP contribution in [0.3, 0.4) is 0 Å². The molecule has 0 unspecified atom stereocenters. The maximum absolute atomic E-state index is 12.1. The van der Waals surface area contributed by atoms with Crippen LogP contribution in [0.5, 0.6) is 17.2 Å². The zero-order valence-electron chi connectivity index (χ0n) is 13.9. The summed E-state index contributed by atoms with van der Waals surface area (Å²) >= 11 is 0. The van der Waals surface area contributed by atoms with Gasteiger partial charge < -0.3 is 14.2 Å². The van der Waals surface area contributed by atoms with Gasteiger partial charge in [0, 0.05) is 14.1 Å². The van der Waals surface area contributed by atoms with Crippen LogP contribution >= 0.6 is 0 Å². The summed E-state index contributed by atoms with van der Waals surface area (Å²) in [7, 11) is 2.94. The lowest BCUT2D eigenvalue weighted by Crippen LogP contribution is -2.37. The van der Waals surface area contributed by atoms with Crippen molar-refractivity contribution in [1.82, 2.24) is 14.7 Å². The average molecular weight is 333 g/mol. The van der Waals surface area contributed by atoms with Gasteiger partial charge in [0.1, 0.15) is 0 Å². The van der Waals surface area contributed by atoms with Crippen molar-refractivity contribution in [2.45, 2.75) is 20.0 Å². The molecule has 8 nitrogen and oxygen atoms in total. The number of carbonyl (C=O) groups excluding carboxylic acids is 2. The molecular weight excluding hydrogens is 314 g/mol. The van der Waals surface area contributed by atoms with Gasteiger partial charge in [0.05, 0.1) is 18.5 Å². The summed E-state index contributed by atoms with van der Waals surface area (Å²) in [5, 5.41) is 3.87. The summed E-state index contributed by atoms with van der Waals surface area (Å²) in [4.78, 5) is 24.8. The molecule has 0 saturated heterocycles. The van der Waals surface area contributed by atoms with Crippen molar-refractivity contribution < 1.29 is 23.8 Å². The van der Waals surface area contributed by atoms with Gasteiger partial charge in [0.15, 0.2) is 17.2 Å². The fraction of sp³-hybridized carbons (Fsp3) is 0.312. The lowest BCUT2D eigenvalue weighted by molar-refractivity contribution is 0.138. The maximum Gasteiger partial charge on any atom is 0.424 e. The summed E-state index contributed by atoms with van der Waals surface area (Å²) in [6.07, 6.45) is 1.02. The Kier molecular flexibility index (Phi) is 5.41. The summed E-state index contributed by atoms with van der Waals surface area (Å²) < 4.78 is 17.3. The van der Waals surface area contributed by atoms with E-state index < -0.39 is 12.2 Å². The highest BCUT2D eigenvalue weighted by Gasteiger charge is 2.23. The number of nitrogens with zero attached hydrogens (tertiary/aromatic N) is 3. The average Bonchev–Trinajstić information content (AvgIpc) is 2.92. The quantitative estimate of drug-likeness (QED) is 0.855. The molecule has 8 heteroatoms. The largest absolute Gasteiger partial charge is 0.487 e. The lowest BCUT2D eigenvalue weighted by Gasteiger charge is -2.17. The molecule has 0 atom stereocenters. The van der Waals surface area contributed by atoms with Crippen LogP contribution in [0.1, 0.15) is 13.8 Å². The number of imide groups is 1. The Labute approximate surface area is 139 Å². The molecule has 2 amide bonds. The van der Waals surface area contributed by atoms with Crippen LogP contribution in [-0.2, 0) is 7.05 Å². The molecule has 0 aliphatic carbocycles. The summed E-state index contributed by atoms with van der Waals surface area (Å²) in [5.41, 5.74) is 0. The standard InChI is InChI=1S/C16H19N3O5/c1-11(2)22-13-7-5-6-8-14(13)24-16(21)19(4)15(20)23-12-9-17-18(3)10-12/h5-11H,1-4H3. The molecule has 1 aromatic heterocycles. The van der Waals surface area contributed by atoms with Gasteiger partial charge in [-0.05, 0) is 26.0 Å². The van der Waals surface area contributed by atoms with Crippen molar-refractivity contribution in [2.75, 3.05) is 7.05 Å². The minimum Gasteiger partial charge on any atom is -0.487 e. The Bertz CT molecular complexity index is 726. The molecule has 128 valence electrons. The summed E-state index contributed by atoms with van der Waals surface area (Å²) in [6, 6.07) is 6.71. The molecule has 2 aromatic rings. The van der Waals surface area contributed by atoms with Crippen molar-refractivity contribution in [3.63, 3.8) is 0 Å².